The molecule has 2 aliphatic rings. The molecule has 0 radical (unpaired) electrons. The molecule has 178 valence electrons. The Morgan fingerprint density at radius 3 is 2.06 bits per heavy atom. The van der Waals surface area contributed by atoms with Gasteiger partial charge in [-0.15, -0.1) is 0 Å². The van der Waals surface area contributed by atoms with E-state index in [1.54, 1.807) is 0 Å². The maximum absolute atomic E-state index is 14.1. The zero-order valence-electron chi connectivity index (χ0n) is 19.1. The number of benzene rings is 1. The lowest BCUT2D eigenvalue weighted by Crippen LogP contribution is -2.60. The van der Waals surface area contributed by atoms with Gasteiger partial charge in [-0.1, -0.05) is 27.7 Å². The molecule has 0 bridgehead atoms. The second-order valence-corrected chi connectivity index (χ2v) is 11.4. The number of piperidine rings is 1. The summed E-state index contributed by atoms with van der Waals surface area (Å²) in [7, 11) is -1.72. The van der Waals surface area contributed by atoms with E-state index in [9.17, 15) is 17.6 Å². The fraction of sp³-hybridized carbons (Fsp3) is 0.682. The van der Waals surface area contributed by atoms with E-state index >= 15 is 0 Å². The number of hydrogen-bond donors (Lipinski definition) is 2. The van der Waals surface area contributed by atoms with E-state index in [1.807, 2.05) is 27.7 Å². The highest BCUT2D eigenvalue weighted by atomic mass is 32.2. The number of rotatable bonds is 6. The zero-order chi connectivity index (χ0) is 22.9. The number of carbonyl (C=O) groups is 1. The van der Waals surface area contributed by atoms with Gasteiger partial charge in [0, 0.05) is 27.7 Å². The molecule has 0 aromatic heterocycles. The third kappa shape index (κ3) is 5.56. The van der Waals surface area contributed by atoms with Crippen LogP contribution in [0.25, 0.3) is 0 Å². The Kier molecular flexibility index (Phi) is 7.28. The van der Waals surface area contributed by atoms with E-state index in [0.717, 1.165) is 26.2 Å². The van der Waals surface area contributed by atoms with Gasteiger partial charge in [0.2, 0.25) is 10.0 Å². The first-order chi connectivity index (χ1) is 14.5. The highest BCUT2D eigenvalue weighted by Crippen LogP contribution is 2.33. The number of nitrogens with one attached hydrogen (secondary N) is 2. The molecule has 0 saturated carbocycles. The lowest BCUT2D eigenvalue weighted by atomic mass is 9.92. The molecule has 31 heavy (non-hydrogen) atoms. The van der Waals surface area contributed by atoms with Gasteiger partial charge in [-0.3, -0.25) is 4.90 Å². The molecule has 2 fully saturated rings. The van der Waals surface area contributed by atoms with Crippen molar-refractivity contribution in [3.8, 4) is 0 Å². The van der Waals surface area contributed by atoms with Gasteiger partial charge < -0.3 is 10.2 Å². The van der Waals surface area contributed by atoms with Crippen molar-refractivity contribution in [2.45, 2.75) is 63.7 Å². The second-order valence-electron chi connectivity index (χ2n) is 9.48. The molecule has 0 aliphatic carbocycles. The molecule has 2 aliphatic heterocycles. The maximum atomic E-state index is 14.1. The molecular formula is C22H39FN4O3S. The number of carbonyl (C=O) groups excluding carboxylic acids is 1. The van der Waals surface area contributed by atoms with Crippen LogP contribution in [0.3, 0.4) is 0 Å². The molecule has 0 unspecified atom stereocenters. The van der Waals surface area contributed by atoms with Crippen LogP contribution < -0.4 is 10.0 Å². The first-order valence-corrected chi connectivity index (χ1v) is 12.6. The molecule has 3 rings (SSSR count). The summed E-state index contributed by atoms with van der Waals surface area (Å²) in [6.45, 7) is 11.1. The fourth-order valence-electron chi connectivity index (χ4n) is 4.50. The van der Waals surface area contributed by atoms with Crippen molar-refractivity contribution in [1.82, 2.24) is 14.5 Å². The summed E-state index contributed by atoms with van der Waals surface area (Å²) in [5, 5.41) is 2.11. The summed E-state index contributed by atoms with van der Waals surface area (Å²) in [5.41, 5.74) is 1.79. The minimum Gasteiger partial charge on any atom is -0.307 e. The van der Waals surface area contributed by atoms with E-state index in [1.165, 1.54) is 12.1 Å². The standard InChI is InChI=1S/C22H35FN4O3S.2H2/c1-14(2)19-10-16(23)11-20(15(3)4)21(19)24-22(28)25-31(29,30)18-6-8-27(9-7-18)17-12-26(5)13-17;;/h10-11,14-15,17-18H,6-9,12-13H2,1-5H3,(H2,24,25,28);2*1H. The molecule has 0 atom stereocenters. The Balaban J connectivity index is 0.00000272. The van der Waals surface area contributed by atoms with E-state index in [-0.39, 0.29) is 20.5 Å². The van der Waals surface area contributed by atoms with Crippen molar-refractivity contribution in [2.75, 3.05) is 38.5 Å². The number of halogens is 1. The van der Waals surface area contributed by atoms with Crippen LogP contribution in [0, 0.1) is 5.82 Å². The molecule has 7 nitrogen and oxygen atoms in total. The lowest BCUT2D eigenvalue weighted by molar-refractivity contribution is 0.0407. The molecule has 0 spiro atoms. The minimum atomic E-state index is -3.80. The number of hydrogen-bond acceptors (Lipinski definition) is 5. The lowest BCUT2D eigenvalue weighted by Gasteiger charge is -2.46. The molecule has 1 aromatic carbocycles. The quantitative estimate of drug-likeness (QED) is 0.678. The van der Waals surface area contributed by atoms with Crippen LogP contribution in [0.2, 0.25) is 0 Å². The van der Waals surface area contributed by atoms with Crippen LogP contribution in [0.1, 0.15) is 66.4 Å². The van der Waals surface area contributed by atoms with E-state index < -0.39 is 21.3 Å². The van der Waals surface area contributed by atoms with Crippen LogP contribution in [0.15, 0.2) is 12.1 Å². The Hall–Kier alpha value is -1.71. The van der Waals surface area contributed by atoms with Gasteiger partial charge >= 0.3 is 6.03 Å². The molecule has 9 heteroatoms. The number of likely N-dealkylation sites (N-methyl/N-ethyl adjacent to an activating group) is 1. The summed E-state index contributed by atoms with van der Waals surface area (Å²) >= 11 is 0. The van der Waals surface area contributed by atoms with Crippen molar-refractivity contribution in [3.63, 3.8) is 0 Å². The van der Waals surface area contributed by atoms with Crippen molar-refractivity contribution >= 4 is 21.7 Å². The number of likely N-dealkylation sites (tertiary alicyclic amines) is 2. The second kappa shape index (κ2) is 9.42. The zero-order valence-corrected chi connectivity index (χ0v) is 19.9. The van der Waals surface area contributed by atoms with Crippen LogP contribution in [-0.2, 0) is 10.0 Å². The van der Waals surface area contributed by atoms with E-state index in [2.05, 4.69) is 26.9 Å². The number of nitrogens with zero attached hydrogens (tertiary/aromatic N) is 2. The predicted octanol–water partition coefficient (Wildman–Crippen LogP) is 3.79. The topological polar surface area (TPSA) is 81.8 Å². The van der Waals surface area contributed by atoms with Crippen molar-refractivity contribution in [3.05, 3.63) is 29.1 Å². The smallest absolute Gasteiger partial charge is 0.307 e. The van der Waals surface area contributed by atoms with Gasteiger partial charge in [-0.2, -0.15) is 0 Å². The van der Waals surface area contributed by atoms with Crippen molar-refractivity contribution in [2.24, 2.45) is 0 Å². The first kappa shape index (κ1) is 23.9. The molecule has 2 heterocycles. The summed E-state index contributed by atoms with van der Waals surface area (Å²) in [6.07, 6.45) is 1.02. The Labute approximate surface area is 188 Å². The average molecular weight is 459 g/mol. The first-order valence-electron chi connectivity index (χ1n) is 11.1. The molecule has 2 saturated heterocycles. The third-order valence-corrected chi connectivity index (χ3v) is 8.18. The van der Waals surface area contributed by atoms with Crippen LogP contribution >= 0.6 is 0 Å². The van der Waals surface area contributed by atoms with E-state index in [0.29, 0.717) is 35.7 Å². The van der Waals surface area contributed by atoms with Gasteiger partial charge in [-0.05, 0) is 68.1 Å². The monoisotopic (exact) mass is 458 g/mol. The molecular weight excluding hydrogens is 419 g/mol. The number of sulfonamides is 1. The highest BCUT2D eigenvalue weighted by molar-refractivity contribution is 7.90. The normalized spacial score (nSPS) is 19.6. The molecule has 2 amide bonds. The summed E-state index contributed by atoms with van der Waals surface area (Å²) < 4.78 is 42.0. The van der Waals surface area contributed by atoms with Crippen LogP contribution in [-0.4, -0.2) is 68.8 Å². The van der Waals surface area contributed by atoms with Crippen molar-refractivity contribution in [1.29, 1.82) is 0 Å². The predicted molar refractivity (Wildman–Crippen MR) is 126 cm³/mol. The van der Waals surface area contributed by atoms with Gasteiger partial charge in [-0.25, -0.2) is 22.3 Å². The molecule has 2 N–H and O–H groups in total. The molecule has 1 aromatic rings. The highest BCUT2D eigenvalue weighted by Gasteiger charge is 2.36. The number of amides is 2. The van der Waals surface area contributed by atoms with Gasteiger partial charge in [0.25, 0.3) is 0 Å². The van der Waals surface area contributed by atoms with Gasteiger partial charge in [0.05, 0.1) is 5.25 Å². The van der Waals surface area contributed by atoms with Crippen LogP contribution in [0.4, 0.5) is 14.9 Å². The SMILES string of the molecule is CC(C)c1cc(F)cc(C(C)C)c1NC(=O)NS(=O)(=O)C1CCN(C2CN(C)C2)CC1.[HH].[HH]. The van der Waals surface area contributed by atoms with Crippen molar-refractivity contribution < 1.29 is 20.5 Å². The Morgan fingerprint density at radius 1 is 1.10 bits per heavy atom. The summed E-state index contributed by atoms with van der Waals surface area (Å²) in [6, 6.07) is 2.51. The Morgan fingerprint density at radius 2 is 1.61 bits per heavy atom. The van der Waals surface area contributed by atoms with E-state index in [4.69, 9.17) is 0 Å². The fourth-order valence-corrected chi connectivity index (χ4v) is 5.81. The summed E-state index contributed by atoms with van der Waals surface area (Å²) in [4.78, 5) is 17.2. The van der Waals surface area contributed by atoms with Gasteiger partial charge in [0.1, 0.15) is 5.82 Å². The Bertz CT molecular complexity index is 887. The summed E-state index contributed by atoms with van der Waals surface area (Å²) in [5.74, 6) is -0.430. The average Bonchev–Trinajstić information content (AvgIpc) is 2.65. The minimum absolute atomic E-state index is 0. The maximum Gasteiger partial charge on any atom is 0.332 e. The van der Waals surface area contributed by atoms with Crippen LogP contribution in [0.5, 0.6) is 0 Å². The van der Waals surface area contributed by atoms with Gasteiger partial charge in [0.15, 0.2) is 0 Å². The largest absolute Gasteiger partial charge is 0.332 e. The number of urea groups is 1. The number of anilines is 1. The third-order valence-electron chi connectivity index (χ3n) is 6.36.